The summed E-state index contributed by atoms with van der Waals surface area (Å²) in [5.41, 5.74) is 0.0837. The van der Waals surface area contributed by atoms with Gasteiger partial charge in [0.15, 0.2) is 0 Å². The minimum absolute atomic E-state index is 0.0719. The van der Waals surface area contributed by atoms with Gasteiger partial charge >= 0.3 is 6.09 Å². The molecule has 1 aliphatic rings. The van der Waals surface area contributed by atoms with Gasteiger partial charge < -0.3 is 24.8 Å². The van der Waals surface area contributed by atoms with Gasteiger partial charge in [-0.3, -0.25) is 4.79 Å². The molecule has 7 nitrogen and oxygen atoms in total. The Morgan fingerprint density at radius 1 is 1.36 bits per heavy atom. The van der Waals surface area contributed by atoms with Gasteiger partial charge in [0, 0.05) is 18.7 Å². The van der Waals surface area contributed by atoms with Crippen molar-refractivity contribution in [3.05, 3.63) is 23.8 Å². The maximum absolute atomic E-state index is 12.5. The summed E-state index contributed by atoms with van der Waals surface area (Å²) in [7, 11) is 1.52. The molecule has 1 heterocycles. The molecule has 0 radical (unpaired) electrons. The van der Waals surface area contributed by atoms with Crippen molar-refractivity contribution in [2.24, 2.45) is 0 Å². The van der Waals surface area contributed by atoms with Crippen LogP contribution in [-0.4, -0.2) is 53.8 Å². The fraction of sp³-hybridized carbons (Fsp3) is 0.556. The second kappa shape index (κ2) is 7.63. The lowest BCUT2D eigenvalue weighted by molar-refractivity contribution is -0.129. The molecule has 0 unspecified atom stereocenters. The Balaban J connectivity index is 1.90. The van der Waals surface area contributed by atoms with Gasteiger partial charge in [0.25, 0.3) is 0 Å². The van der Waals surface area contributed by atoms with Gasteiger partial charge in [-0.25, -0.2) is 4.79 Å². The van der Waals surface area contributed by atoms with Gasteiger partial charge in [0.2, 0.25) is 5.91 Å². The molecular weight excluding hydrogens is 324 g/mol. The summed E-state index contributed by atoms with van der Waals surface area (Å²) in [6, 6.07) is 4.56. The minimum Gasteiger partial charge on any atom is -0.508 e. The van der Waals surface area contributed by atoms with Gasteiger partial charge in [-0.05, 0) is 45.4 Å². The average Bonchev–Trinajstić information content (AvgIpc) is 2.94. The van der Waals surface area contributed by atoms with Crippen LogP contribution >= 0.6 is 0 Å². The molecule has 138 valence electrons. The zero-order chi connectivity index (χ0) is 18.6. The number of nitrogens with one attached hydrogen (secondary N) is 1. The van der Waals surface area contributed by atoms with E-state index in [4.69, 9.17) is 9.47 Å². The van der Waals surface area contributed by atoms with Gasteiger partial charge in [-0.15, -0.1) is 0 Å². The molecule has 1 aromatic carbocycles. The lowest BCUT2D eigenvalue weighted by Crippen LogP contribution is -2.41. The molecule has 2 amide bonds. The van der Waals surface area contributed by atoms with E-state index in [1.807, 2.05) is 0 Å². The Bertz CT molecular complexity index is 639. The van der Waals surface area contributed by atoms with E-state index in [2.05, 4.69) is 5.32 Å². The van der Waals surface area contributed by atoms with Crippen molar-refractivity contribution in [3.8, 4) is 11.5 Å². The SMILES string of the molecule is COc1ccc(O)cc1CC(=O)N1CC[C@H](NC(=O)OC(C)(C)C)C1. The van der Waals surface area contributed by atoms with Crippen LogP contribution in [0, 0.1) is 0 Å². The highest BCUT2D eigenvalue weighted by Gasteiger charge is 2.29. The third-order valence-electron chi connectivity index (χ3n) is 3.87. The number of ether oxygens (including phenoxy) is 2. The van der Waals surface area contributed by atoms with Gasteiger partial charge in [-0.1, -0.05) is 0 Å². The largest absolute Gasteiger partial charge is 0.508 e. The quantitative estimate of drug-likeness (QED) is 0.868. The van der Waals surface area contributed by atoms with Crippen LogP contribution in [0.1, 0.15) is 32.8 Å². The molecule has 1 atom stereocenters. The van der Waals surface area contributed by atoms with Crippen molar-refractivity contribution in [2.45, 2.75) is 45.3 Å². The van der Waals surface area contributed by atoms with E-state index in [0.29, 0.717) is 30.8 Å². The van der Waals surface area contributed by atoms with Crippen LogP contribution < -0.4 is 10.1 Å². The zero-order valence-electron chi connectivity index (χ0n) is 15.2. The van der Waals surface area contributed by atoms with Gasteiger partial charge in [-0.2, -0.15) is 0 Å². The molecule has 0 saturated carbocycles. The fourth-order valence-electron chi connectivity index (χ4n) is 2.76. The van der Waals surface area contributed by atoms with E-state index in [1.165, 1.54) is 19.2 Å². The number of methoxy groups -OCH3 is 1. The van der Waals surface area contributed by atoms with E-state index in [0.717, 1.165) is 0 Å². The third-order valence-corrected chi connectivity index (χ3v) is 3.87. The van der Waals surface area contributed by atoms with Crippen molar-refractivity contribution in [1.29, 1.82) is 0 Å². The van der Waals surface area contributed by atoms with E-state index in [1.54, 1.807) is 31.7 Å². The van der Waals surface area contributed by atoms with E-state index in [-0.39, 0.29) is 24.1 Å². The predicted octanol–water partition coefficient (Wildman–Crippen LogP) is 2.07. The lowest BCUT2D eigenvalue weighted by atomic mass is 10.1. The summed E-state index contributed by atoms with van der Waals surface area (Å²) in [4.78, 5) is 26.0. The van der Waals surface area contributed by atoms with Crippen LogP contribution in [0.4, 0.5) is 4.79 Å². The first kappa shape index (κ1) is 18.9. The lowest BCUT2D eigenvalue weighted by Gasteiger charge is -2.22. The van der Waals surface area contributed by atoms with Crippen molar-refractivity contribution < 1.29 is 24.2 Å². The summed E-state index contributed by atoms with van der Waals surface area (Å²) < 4.78 is 10.5. The van der Waals surface area contributed by atoms with Crippen LogP contribution in [0.25, 0.3) is 0 Å². The minimum atomic E-state index is -0.552. The summed E-state index contributed by atoms with van der Waals surface area (Å²) in [5, 5.41) is 12.4. The Morgan fingerprint density at radius 3 is 2.72 bits per heavy atom. The Morgan fingerprint density at radius 2 is 2.08 bits per heavy atom. The number of likely N-dealkylation sites (tertiary alicyclic amines) is 1. The Kier molecular flexibility index (Phi) is 5.77. The number of hydrogen-bond acceptors (Lipinski definition) is 5. The monoisotopic (exact) mass is 350 g/mol. The summed E-state index contributed by atoms with van der Waals surface area (Å²) >= 11 is 0. The summed E-state index contributed by atoms with van der Waals surface area (Å²) in [6.45, 7) is 6.43. The van der Waals surface area contributed by atoms with Crippen molar-refractivity contribution >= 4 is 12.0 Å². The molecule has 1 aliphatic heterocycles. The maximum Gasteiger partial charge on any atom is 0.407 e. The number of phenols is 1. The highest BCUT2D eigenvalue weighted by atomic mass is 16.6. The molecular formula is C18H26N2O5. The number of alkyl carbamates (subject to hydrolysis) is 1. The number of aromatic hydroxyl groups is 1. The number of amides is 2. The molecule has 7 heteroatoms. The molecule has 1 saturated heterocycles. The molecule has 2 N–H and O–H groups in total. The fourth-order valence-corrected chi connectivity index (χ4v) is 2.76. The number of carbonyl (C=O) groups is 2. The van der Waals surface area contributed by atoms with Crippen LogP contribution in [-0.2, 0) is 16.0 Å². The van der Waals surface area contributed by atoms with Gasteiger partial charge in [0.1, 0.15) is 17.1 Å². The first-order valence-electron chi connectivity index (χ1n) is 8.31. The highest BCUT2D eigenvalue weighted by molar-refractivity contribution is 5.80. The second-order valence-electron chi connectivity index (χ2n) is 7.14. The number of hydrogen-bond donors (Lipinski definition) is 2. The zero-order valence-corrected chi connectivity index (χ0v) is 15.2. The van der Waals surface area contributed by atoms with Crippen LogP contribution in [0.5, 0.6) is 11.5 Å². The molecule has 2 rings (SSSR count). The average molecular weight is 350 g/mol. The number of rotatable bonds is 4. The Hall–Kier alpha value is -2.44. The van der Waals surface area contributed by atoms with E-state index in [9.17, 15) is 14.7 Å². The number of benzene rings is 1. The maximum atomic E-state index is 12.5. The van der Waals surface area contributed by atoms with Crippen molar-refractivity contribution in [2.75, 3.05) is 20.2 Å². The smallest absolute Gasteiger partial charge is 0.407 e. The molecule has 1 fully saturated rings. The summed E-state index contributed by atoms with van der Waals surface area (Å²) in [5.74, 6) is 0.584. The number of carbonyl (C=O) groups excluding carboxylic acids is 2. The molecule has 0 bridgehead atoms. The van der Waals surface area contributed by atoms with Gasteiger partial charge in [0.05, 0.1) is 19.6 Å². The first-order valence-corrected chi connectivity index (χ1v) is 8.31. The molecule has 25 heavy (non-hydrogen) atoms. The van der Waals surface area contributed by atoms with E-state index >= 15 is 0 Å². The van der Waals surface area contributed by atoms with Crippen molar-refractivity contribution in [1.82, 2.24) is 10.2 Å². The first-order chi connectivity index (χ1) is 11.7. The standard InChI is InChI=1S/C18H26N2O5/c1-18(2,3)25-17(23)19-13-7-8-20(11-13)16(22)10-12-9-14(21)5-6-15(12)24-4/h5-6,9,13,21H,7-8,10-11H2,1-4H3,(H,19,23)/t13-/m0/s1. The molecule has 0 aromatic heterocycles. The number of nitrogens with zero attached hydrogens (tertiary/aromatic N) is 1. The number of phenolic OH excluding ortho intramolecular Hbond substituents is 1. The van der Waals surface area contributed by atoms with Crippen LogP contribution in [0.2, 0.25) is 0 Å². The van der Waals surface area contributed by atoms with Crippen LogP contribution in [0.15, 0.2) is 18.2 Å². The van der Waals surface area contributed by atoms with E-state index < -0.39 is 11.7 Å². The normalized spacial score (nSPS) is 17.3. The molecule has 0 spiro atoms. The van der Waals surface area contributed by atoms with Crippen LogP contribution in [0.3, 0.4) is 0 Å². The topological polar surface area (TPSA) is 88.1 Å². The van der Waals surface area contributed by atoms with Crippen molar-refractivity contribution in [3.63, 3.8) is 0 Å². The summed E-state index contributed by atoms with van der Waals surface area (Å²) in [6.07, 6.45) is 0.347. The third kappa shape index (κ3) is 5.55. The molecule has 0 aliphatic carbocycles. The Labute approximate surface area is 147 Å². The molecule has 1 aromatic rings. The predicted molar refractivity (Wildman–Crippen MR) is 92.7 cm³/mol. The highest BCUT2D eigenvalue weighted by Crippen LogP contribution is 2.24. The second-order valence-corrected chi connectivity index (χ2v) is 7.14.